The summed E-state index contributed by atoms with van der Waals surface area (Å²) in [5.74, 6) is 1.79. The molecule has 3 heterocycles. The third-order valence-electron chi connectivity index (χ3n) is 2.55. The third kappa shape index (κ3) is 1.55. The highest BCUT2D eigenvalue weighted by atomic mass is 16.5. The Kier molecular flexibility index (Phi) is 2.03. The van der Waals surface area contributed by atoms with Gasteiger partial charge < -0.3 is 14.3 Å². The number of nitrogens with one attached hydrogen (secondary N) is 1. The van der Waals surface area contributed by atoms with Crippen molar-refractivity contribution in [1.82, 2.24) is 15.5 Å². The van der Waals surface area contributed by atoms with Crippen LogP contribution in [0, 0.1) is 0 Å². The van der Waals surface area contributed by atoms with Gasteiger partial charge >= 0.3 is 0 Å². The molecule has 0 aromatic carbocycles. The van der Waals surface area contributed by atoms with Crippen LogP contribution in [0.5, 0.6) is 0 Å². The van der Waals surface area contributed by atoms with Crippen LogP contribution in [-0.2, 0) is 0 Å². The maximum absolute atomic E-state index is 5.18. The molecule has 1 N–H and O–H groups in total. The van der Waals surface area contributed by atoms with Crippen molar-refractivity contribution in [3.8, 4) is 11.7 Å². The Morgan fingerprint density at radius 3 is 3.20 bits per heavy atom. The molecule has 1 atom stereocenters. The summed E-state index contributed by atoms with van der Waals surface area (Å²) in [7, 11) is 0. The molecule has 5 nitrogen and oxygen atoms in total. The predicted molar refractivity (Wildman–Crippen MR) is 52.0 cm³/mol. The van der Waals surface area contributed by atoms with Crippen molar-refractivity contribution < 1.29 is 8.94 Å². The molecule has 0 spiro atoms. The molecule has 0 radical (unpaired) electrons. The van der Waals surface area contributed by atoms with Crippen LogP contribution in [0.3, 0.4) is 0 Å². The molecular weight excluding hydrogens is 194 g/mol. The molecule has 0 amide bonds. The minimum Gasteiger partial charge on any atom is -0.459 e. The van der Waals surface area contributed by atoms with E-state index < -0.39 is 0 Å². The molecule has 2 aromatic heterocycles. The van der Waals surface area contributed by atoms with E-state index in [0.717, 1.165) is 25.2 Å². The molecule has 1 aliphatic heterocycles. The molecule has 0 aliphatic carbocycles. The van der Waals surface area contributed by atoms with Gasteiger partial charge in [0.05, 0.1) is 12.3 Å². The van der Waals surface area contributed by atoms with Crippen LogP contribution in [0.1, 0.15) is 24.7 Å². The average molecular weight is 205 g/mol. The highest BCUT2D eigenvalue weighted by Crippen LogP contribution is 2.23. The molecule has 1 unspecified atom stereocenters. The van der Waals surface area contributed by atoms with E-state index >= 15 is 0 Å². The molecule has 2 aromatic rings. The summed E-state index contributed by atoms with van der Waals surface area (Å²) in [6, 6.07) is 3.84. The monoisotopic (exact) mass is 205 g/mol. The van der Waals surface area contributed by atoms with Crippen LogP contribution < -0.4 is 5.32 Å². The molecule has 5 heteroatoms. The van der Waals surface area contributed by atoms with Crippen molar-refractivity contribution in [3.05, 3.63) is 24.2 Å². The SMILES string of the molecule is c1coc(-c2nc(C3CCCN3)no2)c1. The summed E-state index contributed by atoms with van der Waals surface area (Å²) < 4.78 is 10.3. The van der Waals surface area contributed by atoms with Crippen molar-refractivity contribution in [2.24, 2.45) is 0 Å². The normalized spacial score (nSPS) is 20.9. The van der Waals surface area contributed by atoms with Gasteiger partial charge in [0, 0.05) is 0 Å². The summed E-state index contributed by atoms with van der Waals surface area (Å²) in [5.41, 5.74) is 0. The van der Waals surface area contributed by atoms with E-state index in [1.165, 1.54) is 0 Å². The zero-order chi connectivity index (χ0) is 10.1. The van der Waals surface area contributed by atoms with Crippen molar-refractivity contribution in [2.45, 2.75) is 18.9 Å². The standard InChI is InChI=1S/C10H11N3O2/c1-3-7(11-5-1)9-12-10(15-13-9)8-4-2-6-14-8/h2,4,6-7,11H,1,3,5H2. The second kappa shape index (κ2) is 3.51. The lowest BCUT2D eigenvalue weighted by molar-refractivity contribution is 0.401. The fraction of sp³-hybridized carbons (Fsp3) is 0.400. The van der Waals surface area contributed by atoms with Crippen LogP contribution in [0.25, 0.3) is 11.7 Å². The second-order valence-corrected chi connectivity index (χ2v) is 3.58. The fourth-order valence-corrected chi connectivity index (χ4v) is 1.78. The highest BCUT2D eigenvalue weighted by Gasteiger charge is 2.22. The second-order valence-electron chi connectivity index (χ2n) is 3.58. The largest absolute Gasteiger partial charge is 0.459 e. The molecule has 0 saturated carbocycles. The molecule has 15 heavy (non-hydrogen) atoms. The smallest absolute Gasteiger partial charge is 0.293 e. The Hall–Kier alpha value is -1.62. The van der Waals surface area contributed by atoms with E-state index in [4.69, 9.17) is 8.94 Å². The van der Waals surface area contributed by atoms with Gasteiger partial charge in [-0.15, -0.1) is 0 Å². The molecule has 3 rings (SSSR count). The van der Waals surface area contributed by atoms with Crippen molar-refractivity contribution >= 4 is 0 Å². The van der Waals surface area contributed by atoms with Gasteiger partial charge in [-0.25, -0.2) is 0 Å². The molecule has 1 fully saturated rings. The Labute approximate surface area is 86.5 Å². The lowest BCUT2D eigenvalue weighted by Gasteiger charge is -2.01. The Morgan fingerprint density at radius 1 is 1.47 bits per heavy atom. The number of aromatic nitrogens is 2. The zero-order valence-corrected chi connectivity index (χ0v) is 8.14. The molecule has 1 aliphatic rings. The van der Waals surface area contributed by atoms with E-state index in [1.54, 1.807) is 18.4 Å². The van der Waals surface area contributed by atoms with Gasteiger partial charge in [-0.1, -0.05) is 5.16 Å². The van der Waals surface area contributed by atoms with Gasteiger partial charge in [0.25, 0.3) is 5.89 Å². The van der Waals surface area contributed by atoms with E-state index in [9.17, 15) is 0 Å². The first-order chi connectivity index (χ1) is 7.43. The predicted octanol–water partition coefficient (Wildman–Crippen LogP) is 1.75. The first-order valence-electron chi connectivity index (χ1n) is 5.04. The van der Waals surface area contributed by atoms with Gasteiger partial charge in [0.15, 0.2) is 11.6 Å². The van der Waals surface area contributed by atoms with E-state index in [1.807, 2.05) is 0 Å². The fourth-order valence-electron chi connectivity index (χ4n) is 1.78. The molecular formula is C10H11N3O2. The zero-order valence-electron chi connectivity index (χ0n) is 8.14. The number of hydrogen-bond acceptors (Lipinski definition) is 5. The summed E-state index contributed by atoms with van der Waals surface area (Å²) in [6.45, 7) is 1.02. The van der Waals surface area contributed by atoms with E-state index in [0.29, 0.717) is 11.7 Å². The topological polar surface area (TPSA) is 64.1 Å². The van der Waals surface area contributed by atoms with Crippen LogP contribution in [0.4, 0.5) is 0 Å². The van der Waals surface area contributed by atoms with Crippen molar-refractivity contribution in [1.29, 1.82) is 0 Å². The van der Waals surface area contributed by atoms with Crippen LogP contribution in [0.15, 0.2) is 27.3 Å². The molecule has 1 saturated heterocycles. The summed E-state index contributed by atoms with van der Waals surface area (Å²) in [6.07, 6.45) is 3.82. The van der Waals surface area contributed by atoms with Crippen molar-refractivity contribution in [3.63, 3.8) is 0 Å². The first-order valence-corrected chi connectivity index (χ1v) is 5.04. The maximum Gasteiger partial charge on any atom is 0.293 e. The van der Waals surface area contributed by atoms with Crippen LogP contribution in [0.2, 0.25) is 0 Å². The van der Waals surface area contributed by atoms with E-state index in [2.05, 4.69) is 15.5 Å². The summed E-state index contributed by atoms with van der Waals surface area (Å²) in [4.78, 5) is 4.30. The van der Waals surface area contributed by atoms with Gasteiger partial charge in [-0.2, -0.15) is 4.98 Å². The van der Waals surface area contributed by atoms with Gasteiger partial charge in [0.1, 0.15) is 0 Å². The van der Waals surface area contributed by atoms with E-state index in [-0.39, 0.29) is 6.04 Å². The van der Waals surface area contributed by atoms with Crippen molar-refractivity contribution in [2.75, 3.05) is 6.54 Å². The summed E-state index contributed by atoms with van der Waals surface area (Å²) in [5, 5.41) is 7.26. The van der Waals surface area contributed by atoms with Gasteiger partial charge in [-0.3, -0.25) is 0 Å². The number of hydrogen-bond donors (Lipinski definition) is 1. The Morgan fingerprint density at radius 2 is 2.47 bits per heavy atom. The average Bonchev–Trinajstić information content (AvgIpc) is 3.02. The number of rotatable bonds is 2. The Balaban J connectivity index is 1.87. The molecule has 78 valence electrons. The minimum atomic E-state index is 0.234. The lowest BCUT2D eigenvalue weighted by Crippen LogP contribution is -2.14. The lowest BCUT2D eigenvalue weighted by atomic mass is 10.2. The quantitative estimate of drug-likeness (QED) is 0.809. The first kappa shape index (κ1) is 8.67. The van der Waals surface area contributed by atoms with Gasteiger partial charge in [0.2, 0.25) is 0 Å². The van der Waals surface area contributed by atoms with Crippen LogP contribution >= 0.6 is 0 Å². The number of nitrogens with zero attached hydrogens (tertiary/aromatic N) is 2. The van der Waals surface area contributed by atoms with Gasteiger partial charge in [-0.05, 0) is 31.5 Å². The van der Waals surface area contributed by atoms with Crippen LogP contribution in [-0.4, -0.2) is 16.7 Å². The maximum atomic E-state index is 5.18. The summed E-state index contributed by atoms with van der Waals surface area (Å²) >= 11 is 0. The Bertz CT molecular complexity index is 429. The number of furan rings is 1. The highest BCUT2D eigenvalue weighted by molar-refractivity contribution is 5.42. The minimum absolute atomic E-state index is 0.234. The third-order valence-corrected chi connectivity index (χ3v) is 2.55. The molecule has 0 bridgehead atoms.